The molecule has 0 bridgehead atoms. The predicted molar refractivity (Wildman–Crippen MR) is 174 cm³/mol. The van der Waals surface area contributed by atoms with Crippen LogP contribution in [0.15, 0.2) is 0 Å². The molecule has 6 N–H and O–H groups in total. The SMILES string of the molecule is CC(C)C(CC[C@@H](C)[C@H]1CC[C@H]2[C@@H]3[C@H](O)C[C@H]4CC(NCCCNCCCCN)CC[C@]4(C)[C@H]3CC[C@]12C)OS(=O)(=O)O. The van der Waals surface area contributed by atoms with E-state index in [0.29, 0.717) is 53.4 Å². The molecular formula is C34H65N3O5S. The van der Waals surface area contributed by atoms with E-state index in [9.17, 15) is 18.1 Å². The Morgan fingerprint density at radius 1 is 0.907 bits per heavy atom. The van der Waals surface area contributed by atoms with Gasteiger partial charge < -0.3 is 21.5 Å². The second-order valence-electron chi connectivity index (χ2n) is 15.9. The molecule has 11 atom stereocenters. The number of aliphatic hydroxyl groups excluding tert-OH is 1. The Morgan fingerprint density at radius 2 is 1.60 bits per heavy atom. The lowest BCUT2D eigenvalue weighted by Gasteiger charge is -2.62. The molecule has 4 aliphatic rings. The fourth-order valence-corrected chi connectivity index (χ4v) is 11.3. The summed E-state index contributed by atoms with van der Waals surface area (Å²) in [5, 5.41) is 19.2. The van der Waals surface area contributed by atoms with Gasteiger partial charge in [0.1, 0.15) is 0 Å². The molecule has 43 heavy (non-hydrogen) atoms. The van der Waals surface area contributed by atoms with Gasteiger partial charge in [0.25, 0.3) is 0 Å². The number of nitrogens with two attached hydrogens (primary N) is 1. The van der Waals surface area contributed by atoms with Gasteiger partial charge in [-0.3, -0.25) is 4.55 Å². The maximum Gasteiger partial charge on any atom is 0.397 e. The topological polar surface area (TPSA) is 134 Å². The van der Waals surface area contributed by atoms with Crippen LogP contribution in [-0.2, 0) is 14.6 Å². The van der Waals surface area contributed by atoms with Crippen LogP contribution in [0.1, 0.15) is 118 Å². The van der Waals surface area contributed by atoms with E-state index < -0.39 is 16.5 Å². The third-order valence-corrected chi connectivity index (χ3v) is 13.6. The van der Waals surface area contributed by atoms with E-state index in [2.05, 4.69) is 31.4 Å². The van der Waals surface area contributed by atoms with Gasteiger partial charge in [0, 0.05) is 6.04 Å². The molecule has 0 spiro atoms. The minimum absolute atomic E-state index is 0.0152. The molecule has 0 aromatic heterocycles. The van der Waals surface area contributed by atoms with E-state index in [0.717, 1.165) is 58.3 Å². The second kappa shape index (κ2) is 15.1. The summed E-state index contributed by atoms with van der Waals surface area (Å²) >= 11 is 0. The smallest absolute Gasteiger partial charge is 0.393 e. The summed E-state index contributed by atoms with van der Waals surface area (Å²) in [4.78, 5) is 0. The number of hydrogen-bond donors (Lipinski definition) is 5. The number of nitrogens with one attached hydrogen (secondary N) is 2. The van der Waals surface area contributed by atoms with Gasteiger partial charge in [0.2, 0.25) is 0 Å². The lowest BCUT2D eigenvalue weighted by atomic mass is 9.43. The summed E-state index contributed by atoms with van der Waals surface area (Å²) < 4.78 is 37.1. The van der Waals surface area contributed by atoms with E-state index in [1.807, 2.05) is 13.8 Å². The zero-order valence-electron chi connectivity index (χ0n) is 27.9. The Kier molecular flexibility index (Phi) is 12.5. The average molecular weight is 628 g/mol. The van der Waals surface area contributed by atoms with Crippen molar-refractivity contribution >= 4 is 10.4 Å². The molecule has 0 aromatic rings. The summed E-state index contributed by atoms with van der Waals surface area (Å²) in [6, 6.07) is 0.573. The van der Waals surface area contributed by atoms with Crippen LogP contribution in [0.25, 0.3) is 0 Å². The first kappa shape index (κ1) is 35.6. The first-order valence-corrected chi connectivity index (χ1v) is 19.1. The normalized spacial score (nSPS) is 39.2. The quantitative estimate of drug-likeness (QED) is 0.111. The monoisotopic (exact) mass is 627 g/mol. The van der Waals surface area contributed by atoms with E-state index in [4.69, 9.17) is 9.92 Å². The van der Waals surface area contributed by atoms with Crippen LogP contribution in [0, 0.1) is 52.3 Å². The van der Waals surface area contributed by atoms with Crippen molar-refractivity contribution in [1.29, 1.82) is 0 Å². The van der Waals surface area contributed by atoms with E-state index in [-0.39, 0.29) is 17.4 Å². The molecule has 0 amide bonds. The molecule has 0 radical (unpaired) electrons. The van der Waals surface area contributed by atoms with Gasteiger partial charge in [-0.2, -0.15) is 8.42 Å². The zero-order chi connectivity index (χ0) is 31.4. The fourth-order valence-electron chi connectivity index (χ4n) is 10.7. The number of hydrogen-bond acceptors (Lipinski definition) is 7. The van der Waals surface area contributed by atoms with E-state index >= 15 is 0 Å². The van der Waals surface area contributed by atoms with Crippen LogP contribution in [-0.4, -0.2) is 62.5 Å². The Bertz CT molecular complexity index is 981. The summed E-state index contributed by atoms with van der Waals surface area (Å²) in [6.07, 6.45) is 13.7. The number of unbranched alkanes of at least 4 members (excludes halogenated alkanes) is 1. The van der Waals surface area contributed by atoms with Crippen LogP contribution < -0.4 is 16.4 Å². The Labute approximate surface area is 263 Å². The van der Waals surface area contributed by atoms with Gasteiger partial charge >= 0.3 is 10.4 Å². The molecule has 0 heterocycles. The van der Waals surface area contributed by atoms with Crippen LogP contribution in [0.3, 0.4) is 0 Å². The minimum atomic E-state index is -4.45. The van der Waals surface area contributed by atoms with Crippen molar-refractivity contribution in [3.05, 3.63) is 0 Å². The maximum atomic E-state index is 11.8. The van der Waals surface area contributed by atoms with E-state index in [1.165, 1.54) is 44.9 Å². The van der Waals surface area contributed by atoms with Crippen molar-refractivity contribution in [3.63, 3.8) is 0 Å². The van der Waals surface area contributed by atoms with Crippen LogP contribution in [0.4, 0.5) is 0 Å². The van der Waals surface area contributed by atoms with Crippen molar-refractivity contribution in [2.24, 2.45) is 58.0 Å². The standard InChI is InChI=1S/C34H65N3O5S/c1-23(2)31(42-43(39,40)41)12-9-24(3)27-10-11-28-32-29(14-16-34(27,28)5)33(4)15-13-26(21-25(33)22-30(32)38)37-20-8-19-36-18-7-6-17-35/h23-32,36-38H,6-22,35H2,1-5H3,(H,39,40,41)/t24-,25-,26?,27-,28+,29+,30-,31?,32+,33+,34-/m1/s1. The Morgan fingerprint density at radius 3 is 2.30 bits per heavy atom. The van der Waals surface area contributed by atoms with Gasteiger partial charge in [-0.1, -0.05) is 34.6 Å². The largest absolute Gasteiger partial charge is 0.397 e. The molecule has 4 rings (SSSR count). The first-order valence-electron chi connectivity index (χ1n) is 17.8. The summed E-state index contributed by atoms with van der Waals surface area (Å²) in [5.41, 5.74) is 6.13. The molecule has 8 nitrogen and oxygen atoms in total. The molecule has 4 saturated carbocycles. The van der Waals surface area contributed by atoms with Gasteiger partial charge in [-0.05, 0) is 162 Å². The Balaban J connectivity index is 1.32. The van der Waals surface area contributed by atoms with Crippen molar-refractivity contribution in [3.8, 4) is 0 Å². The maximum absolute atomic E-state index is 11.8. The molecule has 4 aliphatic carbocycles. The molecular weight excluding hydrogens is 562 g/mol. The highest BCUT2D eigenvalue weighted by atomic mass is 32.3. The molecule has 0 aliphatic heterocycles. The minimum Gasteiger partial charge on any atom is -0.393 e. The predicted octanol–water partition coefficient (Wildman–Crippen LogP) is 5.55. The number of rotatable bonds is 16. The third-order valence-electron chi connectivity index (χ3n) is 13.1. The summed E-state index contributed by atoms with van der Waals surface area (Å²) in [6.45, 7) is 15.3. The molecule has 0 saturated heterocycles. The molecule has 252 valence electrons. The van der Waals surface area contributed by atoms with Gasteiger partial charge in [-0.15, -0.1) is 0 Å². The molecule has 2 unspecified atom stereocenters. The average Bonchev–Trinajstić information content (AvgIpc) is 3.29. The highest BCUT2D eigenvalue weighted by Crippen LogP contribution is 2.68. The first-order chi connectivity index (χ1) is 20.3. The highest BCUT2D eigenvalue weighted by Gasteiger charge is 2.62. The van der Waals surface area contributed by atoms with Gasteiger partial charge in [0.05, 0.1) is 12.2 Å². The number of fused-ring (bicyclic) bond motifs is 5. The van der Waals surface area contributed by atoms with Gasteiger partial charge in [-0.25, -0.2) is 4.18 Å². The fraction of sp³-hybridized carbons (Fsp3) is 1.00. The third kappa shape index (κ3) is 8.36. The second-order valence-corrected chi connectivity index (χ2v) is 17.0. The van der Waals surface area contributed by atoms with Crippen molar-refractivity contribution in [2.45, 2.75) is 136 Å². The highest BCUT2D eigenvalue weighted by molar-refractivity contribution is 7.80. The lowest BCUT2D eigenvalue weighted by Crippen LogP contribution is -2.59. The zero-order valence-corrected chi connectivity index (χ0v) is 28.7. The van der Waals surface area contributed by atoms with Crippen molar-refractivity contribution in [2.75, 3.05) is 26.2 Å². The van der Waals surface area contributed by atoms with Crippen LogP contribution in [0.2, 0.25) is 0 Å². The lowest BCUT2D eigenvalue weighted by molar-refractivity contribution is -0.167. The summed E-state index contributed by atoms with van der Waals surface area (Å²) in [5.74, 6) is 3.21. The summed E-state index contributed by atoms with van der Waals surface area (Å²) in [7, 11) is -4.45. The number of aliphatic hydroxyl groups is 1. The van der Waals surface area contributed by atoms with Crippen LogP contribution >= 0.6 is 0 Å². The molecule has 0 aromatic carbocycles. The Hall–Kier alpha value is -0.290. The molecule has 4 fully saturated rings. The van der Waals surface area contributed by atoms with Gasteiger partial charge in [0.15, 0.2) is 0 Å². The molecule has 9 heteroatoms. The van der Waals surface area contributed by atoms with E-state index in [1.54, 1.807) is 0 Å². The van der Waals surface area contributed by atoms with Crippen molar-refractivity contribution in [1.82, 2.24) is 10.6 Å². The van der Waals surface area contributed by atoms with Crippen LogP contribution in [0.5, 0.6) is 0 Å². The van der Waals surface area contributed by atoms with Crippen molar-refractivity contribution < 1.29 is 22.3 Å².